The summed E-state index contributed by atoms with van der Waals surface area (Å²) in [5.41, 5.74) is 7.55. The maximum Gasteiger partial charge on any atom is 0.252 e. The molecule has 8 heterocycles. The number of fused-ring (bicyclic) bond motifs is 4. The molecular weight excluding hydrogens is 651 g/mol. The Hall–Kier alpha value is -6.60. The molecule has 2 aromatic carbocycles. The summed E-state index contributed by atoms with van der Waals surface area (Å²) >= 11 is 0. The first kappa shape index (κ1) is 30.2. The van der Waals surface area contributed by atoms with E-state index in [9.17, 15) is 0 Å². The molecule has 1 unspecified atom stereocenters. The smallest absolute Gasteiger partial charge is 0.252 e. The van der Waals surface area contributed by atoms with E-state index in [1.807, 2.05) is 47.3 Å². The first-order valence-corrected chi connectivity index (χ1v) is 17.5. The molecule has 0 aliphatic carbocycles. The maximum atomic E-state index is 4.77. The van der Waals surface area contributed by atoms with E-state index in [1.165, 1.54) is 5.56 Å². The van der Waals surface area contributed by atoms with E-state index in [0.29, 0.717) is 29.2 Å². The van der Waals surface area contributed by atoms with E-state index in [4.69, 9.17) is 4.98 Å². The van der Waals surface area contributed by atoms with Crippen molar-refractivity contribution in [2.75, 3.05) is 13.1 Å². The zero-order chi connectivity index (χ0) is 34.4. The Morgan fingerprint density at radius 2 is 1.60 bits per heavy atom. The number of hydrogen-bond donors (Lipinski definition) is 2. The van der Waals surface area contributed by atoms with Crippen LogP contribution in [0.1, 0.15) is 47.1 Å². The molecule has 3 aliphatic heterocycles. The fourth-order valence-electron chi connectivity index (χ4n) is 7.32. The fraction of sp³-hybridized carbons (Fsp3) is 0.179. The van der Waals surface area contributed by atoms with Crippen LogP contribution in [-0.2, 0) is 6.54 Å². The van der Waals surface area contributed by atoms with Gasteiger partial charge in [0.1, 0.15) is 11.5 Å². The number of allylic oxidation sites excluding steroid dienone is 2. The number of hydrogen-bond acceptors (Lipinski definition) is 10. The summed E-state index contributed by atoms with van der Waals surface area (Å²) in [6.45, 7) is 2.93. The van der Waals surface area contributed by atoms with E-state index in [0.717, 1.165) is 77.8 Å². The van der Waals surface area contributed by atoms with Gasteiger partial charge in [0.25, 0.3) is 5.78 Å². The molecule has 13 heteroatoms. The van der Waals surface area contributed by atoms with Crippen molar-refractivity contribution in [2.45, 2.75) is 31.3 Å². The molecule has 0 spiro atoms. The molecule has 0 radical (unpaired) electrons. The highest BCUT2D eigenvalue weighted by Crippen LogP contribution is 2.38. The Bertz CT molecular complexity index is 2450. The number of nitrogens with zero attached hydrogens (tertiary/aromatic N) is 11. The molecule has 254 valence electrons. The highest BCUT2D eigenvalue weighted by molar-refractivity contribution is 6.02. The lowest BCUT2D eigenvalue weighted by Crippen LogP contribution is -2.33. The fourth-order valence-corrected chi connectivity index (χ4v) is 7.32. The van der Waals surface area contributed by atoms with E-state index < -0.39 is 0 Å². The van der Waals surface area contributed by atoms with Crippen LogP contribution >= 0.6 is 0 Å². The third-order valence-electron chi connectivity index (χ3n) is 10.0. The molecule has 1 atom stereocenters. The van der Waals surface area contributed by atoms with Crippen LogP contribution in [0.2, 0.25) is 0 Å². The average molecular weight is 684 g/mol. The minimum Gasteiger partial charge on any atom is -0.374 e. The van der Waals surface area contributed by atoms with Crippen LogP contribution in [0.3, 0.4) is 0 Å². The van der Waals surface area contributed by atoms with Gasteiger partial charge in [-0.25, -0.2) is 14.5 Å². The summed E-state index contributed by atoms with van der Waals surface area (Å²) < 4.78 is 3.60. The molecule has 0 saturated carbocycles. The first-order valence-electron chi connectivity index (χ1n) is 17.5. The highest BCUT2D eigenvalue weighted by Gasteiger charge is 2.31. The van der Waals surface area contributed by atoms with Crippen LogP contribution in [0.5, 0.6) is 0 Å². The van der Waals surface area contributed by atoms with Crippen molar-refractivity contribution in [3.8, 4) is 23.2 Å². The molecule has 5 aromatic heterocycles. The van der Waals surface area contributed by atoms with Gasteiger partial charge in [-0.1, -0.05) is 60.7 Å². The van der Waals surface area contributed by atoms with Gasteiger partial charge in [0, 0.05) is 48.4 Å². The normalized spacial score (nSPS) is 17.5. The third-order valence-corrected chi connectivity index (χ3v) is 10.0. The number of piperidine rings is 1. The van der Waals surface area contributed by atoms with E-state index in [-0.39, 0.29) is 6.04 Å². The highest BCUT2D eigenvalue weighted by atomic mass is 15.4. The molecule has 3 aliphatic rings. The number of aromatic nitrogens is 11. The van der Waals surface area contributed by atoms with Crippen LogP contribution < -0.4 is 5.32 Å². The molecule has 2 N–H and O–H groups in total. The molecule has 52 heavy (non-hydrogen) atoms. The monoisotopic (exact) mass is 683 g/mol. The predicted molar refractivity (Wildman–Crippen MR) is 197 cm³/mol. The lowest BCUT2D eigenvalue weighted by atomic mass is 9.89. The maximum absolute atomic E-state index is 4.77. The van der Waals surface area contributed by atoms with Crippen LogP contribution in [-0.4, -0.2) is 78.5 Å². The first-order chi connectivity index (χ1) is 25.7. The Morgan fingerprint density at radius 3 is 2.42 bits per heavy atom. The summed E-state index contributed by atoms with van der Waals surface area (Å²) in [6, 6.07) is 27.0. The van der Waals surface area contributed by atoms with E-state index >= 15 is 0 Å². The summed E-state index contributed by atoms with van der Waals surface area (Å²) in [4.78, 5) is 20.6. The van der Waals surface area contributed by atoms with Gasteiger partial charge in [0.05, 0.1) is 11.7 Å². The van der Waals surface area contributed by atoms with Crippen molar-refractivity contribution < 1.29 is 0 Å². The number of benzene rings is 2. The zero-order valence-corrected chi connectivity index (χ0v) is 28.1. The van der Waals surface area contributed by atoms with E-state index in [2.05, 4.69) is 111 Å². The van der Waals surface area contributed by atoms with Crippen molar-refractivity contribution in [3.63, 3.8) is 0 Å². The Kier molecular flexibility index (Phi) is 7.34. The van der Waals surface area contributed by atoms with Gasteiger partial charge in [-0.3, -0.25) is 19.5 Å². The SMILES string of the molecule is C1=Cn2c(nnc2-c2nc3ncccn3n2)C2=CC(c3ccccc3)=C(c3ccc(CN4CCC(c5nc(-c6ccccn6)n[nH]5)CC4)cc3)NC12. The number of rotatable bonds is 7. The van der Waals surface area contributed by atoms with Crippen LogP contribution in [0.15, 0.2) is 110 Å². The third kappa shape index (κ3) is 5.47. The van der Waals surface area contributed by atoms with Gasteiger partial charge in [0.15, 0.2) is 11.6 Å². The van der Waals surface area contributed by atoms with Gasteiger partial charge >= 0.3 is 0 Å². The number of nitrogens with one attached hydrogen (secondary N) is 2. The minimum absolute atomic E-state index is 0.0759. The summed E-state index contributed by atoms with van der Waals surface area (Å²) in [5, 5.41) is 25.2. The Morgan fingerprint density at radius 1 is 0.769 bits per heavy atom. The van der Waals surface area contributed by atoms with Gasteiger partial charge < -0.3 is 5.32 Å². The van der Waals surface area contributed by atoms with Crippen molar-refractivity contribution in [2.24, 2.45) is 0 Å². The Labute approximate surface area is 298 Å². The molecule has 0 amide bonds. The van der Waals surface area contributed by atoms with Gasteiger partial charge in [-0.15, -0.1) is 15.3 Å². The largest absolute Gasteiger partial charge is 0.374 e. The molecule has 7 aromatic rings. The van der Waals surface area contributed by atoms with Crippen LogP contribution in [0.25, 0.3) is 52.0 Å². The number of dihydropyridines is 1. The lowest BCUT2D eigenvalue weighted by molar-refractivity contribution is 0.202. The second-order valence-electron chi connectivity index (χ2n) is 13.2. The summed E-state index contributed by atoms with van der Waals surface area (Å²) in [7, 11) is 0. The minimum atomic E-state index is -0.0759. The van der Waals surface area contributed by atoms with E-state index in [1.54, 1.807) is 16.9 Å². The predicted octanol–water partition coefficient (Wildman–Crippen LogP) is 5.35. The molecule has 0 bridgehead atoms. The standard InChI is InChI=1S/C39H33N13/c1-2-7-26(8-3-1)29-23-30-31(16-22-51-37(30)47-48-38(51)36-44-39-41-18-6-19-52(39)49-36)42-33(29)27-12-10-25(11-13-27)24-50-20-14-28(15-21-50)34-43-35(46-45-34)32-9-4-5-17-40-32/h1-13,16-19,22-23,28,31,42H,14-15,20-21,24H2,(H,43,45,46). The van der Waals surface area contributed by atoms with Crippen molar-refractivity contribution in [1.29, 1.82) is 0 Å². The second-order valence-corrected chi connectivity index (χ2v) is 13.2. The van der Waals surface area contributed by atoms with Crippen molar-refractivity contribution >= 4 is 28.8 Å². The summed E-state index contributed by atoms with van der Waals surface area (Å²) in [5.74, 6) is 4.30. The number of pyridine rings is 1. The molecule has 13 nitrogen and oxygen atoms in total. The van der Waals surface area contributed by atoms with Crippen molar-refractivity contribution in [1.82, 2.24) is 64.7 Å². The van der Waals surface area contributed by atoms with Crippen LogP contribution in [0.4, 0.5) is 0 Å². The molecule has 1 fully saturated rings. The Balaban J connectivity index is 0.884. The number of likely N-dealkylation sites (tertiary alicyclic amines) is 1. The zero-order valence-electron chi connectivity index (χ0n) is 28.1. The second kappa shape index (κ2) is 12.6. The average Bonchev–Trinajstić information content (AvgIpc) is 3.98. The molecular formula is C39H33N13. The number of H-pyrrole nitrogens is 1. The quantitative estimate of drug-likeness (QED) is 0.226. The lowest BCUT2D eigenvalue weighted by Gasteiger charge is -2.31. The van der Waals surface area contributed by atoms with Gasteiger partial charge in [0.2, 0.25) is 11.6 Å². The molecule has 10 rings (SSSR count). The van der Waals surface area contributed by atoms with Gasteiger partial charge in [-0.2, -0.15) is 10.1 Å². The summed E-state index contributed by atoms with van der Waals surface area (Å²) in [6.07, 6.45) is 13.7. The topological polar surface area (TPSA) is 144 Å². The van der Waals surface area contributed by atoms with Gasteiger partial charge in [-0.05, 0) is 73.0 Å². The van der Waals surface area contributed by atoms with Crippen molar-refractivity contribution in [3.05, 3.63) is 138 Å². The molecule has 1 saturated heterocycles. The number of aromatic amines is 1. The van der Waals surface area contributed by atoms with Crippen LogP contribution in [0, 0.1) is 0 Å².